The SMILES string of the molecule is COc1ccc(NC(=O)C2CCCN(S(=O)(=O)c3ccc4nc(-c5ccccc5)[nH]c4c3)C2)cc1. The van der Waals surface area contributed by atoms with Crippen molar-refractivity contribution in [3.05, 3.63) is 72.8 Å². The number of nitrogens with zero attached hydrogens (tertiary/aromatic N) is 2. The van der Waals surface area contributed by atoms with Crippen molar-refractivity contribution in [3.63, 3.8) is 0 Å². The molecule has 35 heavy (non-hydrogen) atoms. The molecule has 0 saturated carbocycles. The van der Waals surface area contributed by atoms with Crippen LogP contribution in [0.3, 0.4) is 0 Å². The maximum atomic E-state index is 13.5. The predicted octanol–water partition coefficient (Wildman–Crippen LogP) is 4.28. The molecule has 0 radical (unpaired) electrons. The Hall–Kier alpha value is -3.69. The molecular weight excluding hydrogens is 464 g/mol. The van der Waals surface area contributed by atoms with Crippen molar-refractivity contribution in [2.24, 2.45) is 5.92 Å². The van der Waals surface area contributed by atoms with Crippen molar-refractivity contribution in [2.75, 3.05) is 25.5 Å². The third kappa shape index (κ3) is 4.78. The number of aromatic nitrogens is 2. The molecule has 4 aromatic rings. The lowest BCUT2D eigenvalue weighted by Gasteiger charge is -2.31. The summed E-state index contributed by atoms with van der Waals surface area (Å²) in [6.07, 6.45) is 1.25. The number of imidazole rings is 1. The van der Waals surface area contributed by atoms with Crippen molar-refractivity contribution < 1.29 is 17.9 Å². The lowest BCUT2D eigenvalue weighted by Crippen LogP contribution is -2.43. The second-order valence-electron chi connectivity index (χ2n) is 8.55. The van der Waals surface area contributed by atoms with Gasteiger partial charge in [-0.3, -0.25) is 4.79 Å². The molecular formula is C26H26N4O4S. The first kappa shape index (κ1) is 23.1. The highest BCUT2D eigenvalue weighted by Crippen LogP contribution is 2.28. The standard InChI is InChI=1S/C26H26N4O4S/c1-34-21-11-9-20(10-12-21)27-26(31)19-8-5-15-30(17-19)35(32,33)22-13-14-23-24(16-22)29-25(28-23)18-6-3-2-4-7-18/h2-4,6-7,9-14,16,19H,5,8,15,17H2,1H3,(H,27,31)(H,28,29). The Morgan fingerprint density at radius 3 is 2.60 bits per heavy atom. The number of amides is 1. The average molecular weight is 491 g/mol. The van der Waals surface area contributed by atoms with Crippen LogP contribution in [-0.4, -0.2) is 48.8 Å². The van der Waals surface area contributed by atoms with E-state index in [1.165, 1.54) is 4.31 Å². The highest BCUT2D eigenvalue weighted by molar-refractivity contribution is 7.89. The average Bonchev–Trinajstić information content (AvgIpc) is 3.33. The highest BCUT2D eigenvalue weighted by Gasteiger charge is 2.33. The third-order valence-electron chi connectivity index (χ3n) is 6.25. The van der Waals surface area contributed by atoms with Crippen LogP contribution in [0.4, 0.5) is 5.69 Å². The van der Waals surface area contributed by atoms with Crippen LogP contribution in [0, 0.1) is 5.92 Å². The fraction of sp³-hybridized carbons (Fsp3) is 0.231. The van der Waals surface area contributed by atoms with Gasteiger partial charge in [-0.15, -0.1) is 0 Å². The van der Waals surface area contributed by atoms with Crippen molar-refractivity contribution in [1.82, 2.24) is 14.3 Å². The molecule has 180 valence electrons. The first-order chi connectivity index (χ1) is 16.9. The summed E-state index contributed by atoms with van der Waals surface area (Å²) in [6.45, 7) is 0.519. The zero-order valence-electron chi connectivity index (χ0n) is 19.3. The van der Waals surface area contributed by atoms with Gasteiger partial charge in [-0.2, -0.15) is 4.31 Å². The first-order valence-corrected chi connectivity index (χ1v) is 12.9. The number of piperidine rings is 1. The molecule has 2 heterocycles. The van der Waals surface area contributed by atoms with Gasteiger partial charge in [-0.05, 0) is 55.3 Å². The van der Waals surface area contributed by atoms with E-state index in [0.29, 0.717) is 47.7 Å². The summed E-state index contributed by atoms with van der Waals surface area (Å²) in [5.74, 6) is 0.763. The van der Waals surface area contributed by atoms with Crippen LogP contribution < -0.4 is 10.1 Å². The van der Waals surface area contributed by atoms with E-state index in [0.717, 1.165) is 5.56 Å². The number of sulfonamides is 1. The van der Waals surface area contributed by atoms with Crippen LogP contribution >= 0.6 is 0 Å². The largest absolute Gasteiger partial charge is 0.497 e. The summed E-state index contributed by atoms with van der Waals surface area (Å²) >= 11 is 0. The minimum absolute atomic E-state index is 0.139. The first-order valence-electron chi connectivity index (χ1n) is 11.4. The minimum atomic E-state index is -3.77. The molecule has 1 atom stereocenters. The van der Waals surface area contributed by atoms with E-state index < -0.39 is 15.9 Å². The summed E-state index contributed by atoms with van der Waals surface area (Å²) in [4.78, 5) is 20.9. The molecule has 8 nitrogen and oxygen atoms in total. The normalized spacial score (nSPS) is 16.8. The molecule has 1 aromatic heterocycles. The van der Waals surface area contributed by atoms with Crippen molar-refractivity contribution in [1.29, 1.82) is 0 Å². The number of hydrogen-bond acceptors (Lipinski definition) is 5. The summed E-state index contributed by atoms with van der Waals surface area (Å²) in [6, 6.07) is 21.6. The molecule has 0 bridgehead atoms. The number of H-pyrrole nitrogens is 1. The maximum absolute atomic E-state index is 13.5. The number of aromatic amines is 1. The Labute approximate surface area is 204 Å². The quantitative estimate of drug-likeness (QED) is 0.420. The molecule has 0 aliphatic carbocycles. The summed E-state index contributed by atoms with van der Waals surface area (Å²) in [5.41, 5.74) is 2.92. The number of nitrogens with one attached hydrogen (secondary N) is 2. The van der Waals surface area contributed by atoms with Gasteiger partial charge in [0.05, 0.1) is 29.0 Å². The Morgan fingerprint density at radius 2 is 1.86 bits per heavy atom. The van der Waals surface area contributed by atoms with E-state index in [2.05, 4.69) is 15.3 Å². The number of hydrogen-bond donors (Lipinski definition) is 2. The van der Waals surface area contributed by atoms with Gasteiger partial charge < -0.3 is 15.0 Å². The number of carbonyl (C=O) groups excluding carboxylic acids is 1. The van der Waals surface area contributed by atoms with Crippen LogP contribution in [0.1, 0.15) is 12.8 Å². The summed E-state index contributed by atoms with van der Waals surface area (Å²) < 4.78 is 33.5. The van der Waals surface area contributed by atoms with Gasteiger partial charge in [-0.1, -0.05) is 30.3 Å². The fourth-order valence-corrected chi connectivity index (χ4v) is 5.87. The molecule has 1 saturated heterocycles. The van der Waals surface area contributed by atoms with Crippen molar-refractivity contribution in [3.8, 4) is 17.1 Å². The third-order valence-corrected chi connectivity index (χ3v) is 8.11. The molecule has 9 heteroatoms. The second-order valence-corrected chi connectivity index (χ2v) is 10.5. The second kappa shape index (κ2) is 9.52. The number of ether oxygens (including phenoxy) is 1. The maximum Gasteiger partial charge on any atom is 0.243 e. The van der Waals surface area contributed by atoms with E-state index >= 15 is 0 Å². The molecule has 0 spiro atoms. The molecule has 1 amide bonds. The van der Waals surface area contributed by atoms with Crippen molar-refractivity contribution in [2.45, 2.75) is 17.7 Å². The molecule has 1 aliphatic rings. The Bertz CT molecular complexity index is 1450. The van der Waals surface area contributed by atoms with Crippen LogP contribution in [0.25, 0.3) is 22.4 Å². The lowest BCUT2D eigenvalue weighted by molar-refractivity contribution is -0.120. The number of benzene rings is 3. The van der Waals surface area contributed by atoms with Crippen LogP contribution in [0.15, 0.2) is 77.7 Å². The van der Waals surface area contributed by atoms with Gasteiger partial charge in [0, 0.05) is 24.3 Å². The topological polar surface area (TPSA) is 104 Å². The van der Waals surface area contributed by atoms with E-state index in [1.807, 2.05) is 30.3 Å². The summed E-state index contributed by atoms with van der Waals surface area (Å²) in [5, 5.41) is 2.89. The van der Waals surface area contributed by atoms with Gasteiger partial charge in [0.2, 0.25) is 15.9 Å². The van der Waals surface area contributed by atoms with E-state index in [4.69, 9.17) is 4.74 Å². The van der Waals surface area contributed by atoms with Crippen LogP contribution in [-0.2, 0) is 14.8 Å². The molecule has 1 unspecified atom stereocenters. The Balaban J connectivity index is 1.33. The van der Waals surface area contributed by atoms with Gasteiger partial charge in [0.25, 0.3) is 0 Å². The zero-order valence-corrected chi connectivity index (χ0v) is 20.1. The van der Waals surface area contributed by atoms with E-state index in [9.17, 15) is 13.2 Å². The van der Waals surface area contributed by atoms with Gasteiger partial charge in [0.1, 0.15) is 11.6 Å². The fourth-order valence-electron chi connectivity index (χ4n) is 4.32. The number of carbonyl (C=O) groups is 1. The molecule has 3 aromatic carbocycles. The molecule has 1 aliphatic heterocycles. The van der Waals surface area contributed by atoms with Crippen molar-refractivity contribution >= 4 is 32.7 Å². The Morgan fingerprint density at radius 1 is 1.09 bits per heavy atom. The molecule has 5 rings (SSSR count). The van der Waals surface area contributed by atoms with Gasteiger partial charge in [0.15, 0.2) is 0 Å². The monoisotopic (exact) mass is 490 g/mol. The van der Waals surface area contributed by atoms with Crippen LogP contribution in [0.5, 0.6) is 5.75 Å². The molecule has 2 N–H and O–H groups in total. The Kier molecular flexibility index (Phi) is 6.27. The van der Waals surface area contributed by atoms with E-state index in [1.54, 1.807) is 49.6 Å². The summed E-state index contributed by atoms with van der Waals surface area (Å²) in [7, 11) is -2.19. The lowest BCUT2D eigenvalue weighted by atomic mass is 9.99. The van der Waals surface area contributed by atoms with E-state index in [-0.39, 0.29) is 17.3 Å². The number of rotatable bonds is 6. The smallest absolute Gasteiger partial charge is 0.243 e. The minimum Gasteiger partial charge on any atom is -0.497 e. The molecule has 1 fully saturated rings. The predicted molar refractivity (Wildman–Crippen MR) is 135 cm³/mol. The number of methoxy groups -OCH3 is 1. The number of anilines is 1. The van der Waals surface area contributed by atoms with Crippen LogP contribution in [0.2, 0.25) is 0 Å². The zero-order chi connectivity index (χ0) is 24.4. The highest BCUT2D eigenvalue weighted by atomic mass is 32.2. The van der Waals surface area contributed by atoms with Gasteiger partial charge >= 0.3 is 0 Å². The number of fused-ring (bicyclic) bond motifs is 1. The van der Waals surface area contributed by atoms with Gasteiger partial charge in [-0.25, -0.2) is 13.4 Å².